The van der Waals surface area contributed by atoms with Crippen molar-refractivity contribution in [1.29, 1.82) is 0 Å². The largest absolute Gasteiger partial charge is 0.338 e. The van der Waals surface area contributed by atoms with Crippen molar-refractivity contribution >= 4 is 15.9 Å². The van der Waals surface area contributed by atoms with Crippen LogP contribution in [0.4, 0.5) is 0 Å². The summed E-state index contributed by atoms with van der Waals surface area (Å²) >= 11 is 3.54. The molecule has 1 atom stereocenters. The van der Waals surface area contributed by atoms with Crippen molar-refractivity contribution < 1.29 is 4.52 Å². The molecule has 0 saturated carbocycles. The van der Waals surface area contributed by atoms with Crippen LogP contribution in [0.5, 0.6) is 0 Å². The maximum atomic E-state index is 5.52. The molecule has 5 heteroatoms. The molecule has 1 aliphatic rings. The number of hydrogen-bond donors (Lipinski definition) is 1. The van der Waals surface area contributed by atoms with Crippen molar-refractivity contribution in [1.82, 2.24) is 15.5 Å². The highest BCUT2D eigenvalue weighted by atomic mass is 79.9. The van der Waals surface area contributed by atoms with Gasteiger partial charge in [-0.25, -0.2) is 0 Å². The Morgan fingerprint density at radius 3 is 2.95 bits per heavy atom. The van der Waals surface area contributed by atoms with Gasteiger partial charge >= 0.3 is 0 Å². The SMILES string of the molecule is Cc1ccc(-c2noc(C3(C)CCCNC3)n2)cc1Br. The number of benzene rings is 1. The van der Waals surface area contributed by atoms with Crippen LogP contribution in [0, 0.1) is 6.92 Å². The molecule has 106 valence electrons. The van der Waals surface area contributed by atoms with Gasteiger partial charge in [0, 0.05) is 16.6 Å². The Balaban J connectivity index is 1.91. The molecule has 4 nitrogen and oxygen atoms in total. The summed E-state index contributed by atoms with van der Waals surface area (Å²) in [5, 5.41) is 7.55. The summed E-state index contributed by atoms with van der Waals surface area (Å²) in [6.45, 7) is 6.21. The summed E-state index contributed by atoms with van der Waals surface area (Å²) < 4.78 is 6.58. The smallest absolute Gasteiger partial charge is 0.234 e. The Hall–Kier alpha value is -1.20. The summed E-state index contributed by atoms with van der Waals surface area (Å²) in [4.78, 5) is 4.61. The van der Waals surface area contributed by atoms with Crippen LogP contribution >= 0.6 is 15.9 Å². The Bertz CT molecular complexity index is 617. The summed E-state index contributed by atoms with van der Waals surface area (Å²) in [7, 11) is 0. The van der Waals surface area contributed by atoms with Crippen molar-refractivity contribution in [2.75, 3.05) is 13.1 Å². The second-order valence-electron chi connectivity index (χ2n) is 5.73. The van der Waals surface area contributed by atoms with Crippen LogP contribution in [-0.2, 0) is 5.41 Å². The molecule has 1 fully saturated rings. The number of hydrogen-bond acceptors (Lipinski definition) is 4. The molecule has 0 bridgehead atoms. The van der Waals surface area contributed by atoms with Gasteiger partial charge in [0.1, 0.15) is 0 Å². The number of nitrogens with one attached hydrogen (secondary N) is 1. The van der Waals surface area contributed by atoms with Crippen LogP contribution in [0.1, 0.15) is 31.2 Å². The highest BCUT2D eigenvalue weighted by Crippen LogP contribution is 2.31. The predicted octanol–water partition coefficient (Wildman–Crippen LogP) is 3.45. The van der Waals surface area contributed by atoms with Gasteiger partial charge in [-0.05, 0) is 44.9 Å². The van der Waals surface area contributed by atoms with E-state index in [1.165, 1.54) is 5.56 Å². The van der Waals surface area contributed by atoms with E-state index in [9.17, 15) is 0 Å². The maximum Gasteiger partial charge on any atom is 0.234 e. The Morgan fingerprint density at radius 1 is 1.40 bits per heavy atom. The Labute approximate surface area is 127 Å². The van der Waals surface area contributed by atoms with E-state index in [0.717, 1.165) is 41.9 Å². The highest BCUT2D eigenvalue weighted by Gasteiger charge is 2.34. The predicted molar refractivity (Wildman–Crippen MR) is 81.6 cm³/mol. The average molecular weight is 336 g/mol. The first-order valence-corrected chi connectivity index (χ1v) is 7.69. The molecule has 3 rings (SSSR count). The minimum absolute atomic E-state index is 0.0502. The first-order chi connectivity index (χ1) is 9.58. The summed E-state index contributed by atoms with van der Waals surface area (Å²) in [6, 6.07) is 6.11. The molecule has 1 unspecified atom stereocenters. The number of halogens is 1. The van der Waals surface area contributed by atoms with Crippen molar-refractivity contribution in [3.8, 4) is 11.4 Å². The zero-order valence-corrected chi connectivity index (χ0v) is 13.3. The Morgan fingerprint density at radius 2 is 2.25 bits per heavy atom. The lowest BCUT2D eigenvalue weighted by molar-refractivity contribution is 0.245. The normalized spacial score (nSPS) is 22.9. The maximum absolute atomic E-state index is 5.52. The van der Waals surface area contributed by atoms with E-state index in [-0.39, 0.29) is 5.41 Å². The van der Waals surface area contributed by atoms with Crippen LogP contribution in [0.2, 0.25) is 0 Å². The van der Waals surface area contributed by atoms with E-state index >= 15 is 0 Å². The van der Waals surface area contributed by atoms with Gasteiger partial charge in [-0.2, -0.15) is 4.98 Å². The number of nitrogens with zero attached hydrogens (tertiary/aromatic N) is 2. The molecule has 0 aliphatic carbocycles. The standard InChI is InChI=1S/C15H18BrN3O/c1-10-4-5-11(8-12(10)16)13-18-14(20-19-13)15(2)6-3-7-17-9-15/h4-5,8,17H,3,6-7,9H2,1-2H3. The van der Waals surface area contributed by atoms with Gasteiger partial charge < -0.3 is 9.84 Å². The average Bonchev–Trinajstić information content (AvgIpc) is 2.93. The van der Waals surface area contributed by atoms with Crippen molar-refractivity contribution in [2.24, 2.45) is 0 Å². The van der Waals surface area contributed by atoms with Crippen LogP contribution in [0.25, 0.3) is 11.4 Å². The second kappa shape index (κ2) is 5.30. The minimum Gasteiger partial charge on any atom is -0.338 e. The molecular weight excluding hydrogens is 318 g/mol. The van der Waals surface area contributed by atoms with E-state index in [4.69, 9.17) is 4.52 Å². The lowest BCUT2D eigenvalue weighted by Crippen LogP contribution is -2.41. The first kappa shape index (κ1) is 13.8. The monoisotopic (exact) mass is 335 g/mol. The fraction of sp³-hybridized carbons (Fsp3) is 0.467. The molecule has 1 aliphatic heterocycles. The van der Waals surface area contributed by atoms with Crippen molar-refractivity contribution in [3.05, 3.63) is 34.1 Å². The van der Waals surface area contributed by atoms with E-state index < -0.39 is 0 Å². The van der Waals surface area contributed by atoms with Gasteiger partial charge in [0.2, 0.25) is 11.7 Å². The zero-order chi connectivity index (χ0) is 14.2. The molecule has 2 aromatic rings. The molecule has 1 N–H and O–H groups in total. The molecule has 2 heterocycles. The zero-order valence-electron chi connectivity index (χ0n) is 11.7. The van der Waals surface area contributed by atoms with Gasteiger partial charge in [-0.1, -0.05) is 33.2 Å². The molecule has 1 saturated heterocycles. The second-order valence-corrected chi connectivity index (χ2v) is 6.58. The third-order valence-electron chi connectivity index (χ3n) is 3.97. The third-order valence-corrected chi connectivity index (χ3v) is 4.82. The lowest BCUT2D eigenvalue weighted by Gasteiger charge is -2.30. The third kappa shape index (κ3) is 2.52. The summed E-state index contributed by atoms with van der Waals surface area (Å²) in [5.74, 6) is 1.39. The Kier molecular flexibility index (Phi) is 3.65. The van der Waals surface area contributed by atoms with Crippen molar-refractivity contribution in [2.45, 2.75) is 32.1 Å². The lowest BCUT2D eigenvalue weighted by atomic mass is 9.83. The topological polar surface area (TPSA) is 51.0 Å². The minimum atomic E-state index is -0.0502. The molecule has 1 aromatic carbocycles. The number of piperidine rings is 1. The van der Waals surface area contributed by atoms with Crippen LogP contribution in [0.15, 0.2) is 27.2 Å². The number of aryl methyl sites for hydroxylation is 1. The van der Waals surface area contributed by atoms with E-state index in [1.54, 1.807) is 0 Å². The summed E-state index contributed by atoms with van der Waals surface area (Å²) in [6.07, 6.45) is 2.23. The van der Waals surface area contributed by atoms with Crippen LogP contribution in [0.3, 0.4) is 0 Å². The highest BCUT2D eigenvalue weighted by molar-refractivity contribution is 9.10. The number of rotatable bonds is 2. The fourth-order valence-corrected chi connectivity index (χ4v) is 2.94. The fourth-order valence-electron chi connectivity index (χ4n) is 2.56. The quantitative estimate of drug-likeness (QED) is 0.913. The van der Waals surface area contributed by atoms with E-state index in [2.05, 4.69) is 51.3 Å². The van der Waals surface area contributed by atoms with Gasteiger partial charge in [0.05, 0.1) is 5.41 Å². The van der Waals surface area contributed by atoms with Crippen molar-refractivity contribution in [3.63, 3.8) is 0 Å². The van der Waals surface area contributed by atoms with Crippen LogP contribution < -0.4 is 5.32 Å². The van der Waals surface area contributed by atoms with Gasteiger partial charge in [0.25, 0.3) is 0 Å². The van der Waals surface area contributed by atoms with Gasteiger partial charge in [0.15, 0.2) is 0 Å². The van der Waals surface area contributed by atoms with E-state index in [1.807, 2.05) is 12.1 Å². The number of aromatic nitrogens is 2. The van der Waals surface area contributed by atoms with Crippen LogP contribution in [-0.4, -0.2) is 23.2 Å². The van der Waals surface area contributed by atoms with E-state index in [0.29, 0.717) is 5.82 Å². The van der Waals surface area contributed by atoms with Gasteiger partial charge in [-0.15, -0.1) is 0 Å². The molecule has 0 amide bonds. The van der Waals surface area contributed by atoms with Gasteiger partial charge in [-0.3, -0.25) is 0 Å². The molecular formula is C15H18BrN3O. The molecule has 0 spiro atoms. The summed E-state index contributed by atoms with van der Waals surface area (Å²) in [5.41, 5.74) is 2.12. The molecule has 0 radical (unpaired) electrons. The molecule has 1 aromatic heterocycles. The molecule has 20 heavy (non-hydrogen) atoms. The first-order valence-electron chi connectivity index (χ1n) is 6.90.